The predicted octanol–water partition coefficient (Wildman–Crippen LogP) is 13.6. The van der Waals surface area contributed by atoms with Crippen molar-refractivity contribution in [2.24, 2.45) is 0 Å². The molecular formula is C51H45F18N13O4. The van der Waals surface area contributed by atoms with Gasteiger partial charge in [-0.1, -0.05) is 19.1 Å². The zero-order chi connectivity index (χ0) is 63.6. The van der Waals surface area contributed by atoms with Gasteiger partial charge >= 0.3 is 49.2 Å². The molecule has 4 unspecified atom stereocenters. The van der Waals surface area contributed by atoms with Crippen molar-refractivity contribution < 1.29 is 98.1 Å². The van der Waals surface area contributed by atoms with Gasteiger partial charge in [0.1, 0.15) is 12.1 Å². The van der Waals surface area contributed by atoms with E-state index < -0.39 is 130 Å². The number of halogens is 18. The van der Waals surface area contributed by atoms with Crippen LogP contribution in [-0.2, 0) is 53.1 Å². The van der Waals surface area contributed by atoms with Crippen molar-refractivity contribution in [3.63, 3.8) is 0 Å². The Morgan fingerprint density at radius 2 is 0.930 bits per heavy atom. The molecule has 4 heterocycles. The number of fused-ring (bicyclic) bond motifs is 2. The third kappa shape index (κ3) is 14.2. The number of nitrogens with one attached hydrogen (secondary N) is 1. The molecule has 2 amide bonds. The van der Waals surface area contributed by atoms with Crippen molar-refractivity contribution in [2.45, 2.75) is 115 Å². The van der Waals surface area contributed by atoms with E-state index in [0.717, 1.165) is 36.5 Å². The van der Waals surface area contributed by atoms with Gasteiger partial charge in [-0.3, -0.25) is 9.80 Å². The molecule has 17 nitrogen and oxygen atoms in total. The second kappa shape index (κ2) is 24.8. The molecule has 0 aliphatic carbocycles. The number of carbonyl (C=O) groups excluding carboxylic acids is 2. The molecule has 8 rings (SSSR count). The molecule has 0 saturated carbocycles. The Balaban J connectivity index is 0.000000247. The maximum Gasteiger partial charge on any atom is 0.416 e. The molecule has 0 spiro atoms. The summed E-state index contributed by atoms with van der Waals surface area (Å²) in [6.07, 6.45) is -32.3. The van der Waals surface area contributed by atoms with Crippen LogP contribution in [0.4, 0.5) is 111 Å². The average Bonchev–Trinajstić information content (AvgIpc) is 1.28. The summed E-state index contributed by atoms with van der Waals surface area (Å²) in [7, 11) is 0. The normalized spacial score (nSPS) is 16.6. The van der Waals surface area contributed by atoms with Gasteiger partial charge in [-0.2, -0.15) is 94.3 Å². The minimum Gasteiger partial charge on any atom is -0.449 e. The highest BCUT2D eigenvalue weighted by molar-refractivity contribution is 5.96. The Hall–Kier alpha value is -8.61. The number of hydrogen-bond acceptors (Lipinski definition) is 13. The molecule has 0 fully saturated rings. The summed E-state index contributed by atoms with van der Waals surface area (Å²) in [5, 5.41) is 33.5. The Morgan fingerprint density at radius 3 is 1.26 bits per heavy atom. The minimum absolute atomic E-state index is 0.0681. The van der Waals surface area contributed by atoms with E-state index in [-0.39, 0.29) is 87.0 Å². The number of aromatic amines is 1. The van der Waals surface area contributed by atoms with E-state index in [2.05, 4.69) is 36.0 Å². The number of amides is 2. The third-order valence-electron chi connectivity index (χ3n) is 13.4. The molecule has 6 aromatic rings. The summed E-state index contributed by atoms with van der Waals surface area (Å²) in [4.78, 5) is 31.2. The number of anilines is 4. The van der Waals surface area contributed by atoms with Crippen LogP contribution < -0.4 is 19.6 Å². The molecule has 0 bridgehead atoms. The molecule has 86 heavy (non-hydrogen) atoms. The highest BCUT2D eigenvalue weighted by atomic mass is 19.4. The maximum absolute atomic E-state index is 13.9. The summed E-state index contributed by atoms with van der Waals surface area (Å²) >= 11 is 0. The fraction of sp³-hybridized carbons (Fsp3) is 0.431. The number of H-pyrrole nitrogens is 1. The van der Waals surface area contributed by atoms with Crippen LogP contribution in [0.3, 0.4) is 0 Å². The molecular weight excluding hydrogens is 1200 g/mol. The van der Waals surface area contributed by atoms with Crippen LogP contribution >= 0.6 is 0 Å². The van der Waals surface area contributed by atoms with E-state index in [4.69, 9.17) is 14.7 Å². The predicted molar refractivity (Wildman–Crippen MR) is 264 cm³/mol. The number of carbonyl (C=O) groups is 2. The van der Waals surface area contributed by atoms with Crippen LogP contribution in [0.2, 0.25) is 0 Å². The molecule has 1 N–H and O–H groups in total. The van der Waals surface area contributed by atoms with Gasteiger partial charge in [0.25, 0.3) is 0 Å². The monoisotopic (exact) mass is 1250 g/mol. The van der Waals surface area contributed by atoms with Crippen molar-refractivity contribution in [3.8, 4) is 6.07 Å². The second-order valence-electron chi connectivity index (χ2n) is 18.9. The fourth-order valence-corrected chi connectivity index (χ4v) is 9.57. The van der Waals surface area contributed by atoms with Gasteiger partial charge in [-0.05, 0) is 116 Å². The van der Waals surface area contributed by atoms with E-state index in [9.17, 15) is 88.6 Å². The molecule has 0 radical (unpaired) electrons. The summed E-state index contributed by atoms with van der Waals surface area (Å²) < 4.78 is 259. The van der Waals surface area contributed by atoms with Gasteiger partial charge in [-0.15, -0.1) is 20.4 Å². The molecule has 0 saturated heterocycles. The van der Waals surface area contributed by atoms with E-state index in [1.807, 2.05) is 6.07 Å². The lowest BCUT2D eigenvalue weighted by molar-refractivity contribution is -0.144. The van der Waals surface area contributed by atoms with E-state index in [1.54, 1.807) is 13.8 Å². The lowest BCUT2D eigenvalue weighted by atomic mass is 9.94. The van der Waals surface area contributed by atoms with Crippen molar-refractivity contribution in [1.82, 2.24) is 40.8 Å². The smallest absolute Gasteiger partial charge is 0.416 e. The number of alkyl halides is 18. The summed E-state index contributed by atoms with van der Waals surface area (Å²) in [5.74, 6) is -0.872. The second-order valence-corrected chi connectivity index (χ2v) is 18.9. The van der Waals surface area contributed by atoms with Crippen molar-refractivity contribution in [2.75, 3.05) is 45.9 Å². The number of ether oxygens (including phenoxy) is 2. The SMILES string of the molecule is CCOC(=O)N1c2ccc(C(F)(F)F)cc2N(C(c2cc(C(F)(F)F)cc(C(F)(F)F)c2)c2nn[nH]n2)CC1CC.CCOC(=O)N1c2ccc(C(F)(F)F)cc2N(C(c2cc(C(F)(F)F)cc(C(F)(F)F)c2)c2nnn(CCC#N)n2)CC1CC. The quantitative estimate of drug-likeness (QED) is 0.114. The molecule has 464 valence electrons. The van der Waals surface area contributed by atoms with Crippen molar-refractivity contribution >= 4 is 34.9 Å². The van der Waals surface area contributed by atoms with Crippen molar-refractivity contribution in [3.05, 3.63) is 129 Å². The van der Waals surface area contributed by atoms with Gasteiger partial charge in [0.05, 0.1) is 100 Å². The Morgan fingerprint density at radius 1 is 0.547 bits per heavy atom. The summed E-state index contributed by atoms with van der Waals surface area (Å²) in [6.45, 7) is 5.28. The van der Waals surface area contributed by atoms with E-state index in [1.165, 1.54) is 13.8 Å². The Bertz CT molecular complexity index is 3350. The van der Waals surface area contributed by atoms with Crippen LogP contribution in [0.5, 0.6) is 0 Å². The molecule has 35 heteroatoms. The van der Waals surface area contributed by atoms with Gasteiger partial charge in [0.2, 0.25) is 11.6 Å². The number of rotatable bonds is 12. The highest BCUT2D eigenvalue weighted by Crippen LogP contribution is 2.50. The molecule has 4 atom stereocenters. The first-order valence-electron chi connectivity index (χ1n) is 25.4. The first kappa shape index (κ1) is 64.9. The van der Waals surface area contributed by atoms with Gasteiger partial charge in [0.15, 0.2) is 0 Å². The first-order valence-corrected chi connectivity index (χ1v) is 25.4. The largest absolute Gasteiger partial charge is 0.449 e. The molecule has 2 aliphatic heterocycles. The number of aromatic nitrogens is 8. The van der Waals surface area contributed by atoms with Crippen LogP contribution in [0.25, 0.3) is 0 Å². The lowest BCUT2D eigenvalue weighted by Gasteiger charge is -2.45. The van der Waals surface area contributed by atoms with Crippen LogP contribution in [0.15, 0.2) is 72.8 Å². The number of aryl methyl sites for hydroxylation is 1. The third-order valence-corrected chi connectivity index (χ3v) is 13.4. The van der Waals surface area contributed by atoms with E-state index in [0.29, 0.717) is 48.5 Å². The Kier molecular flexibility index (Phi) is 18.7. The lowest BCUT2D eigenvalue weighted by Crippen LogP contribution is -2.53. The van der Waals surface area contributed by atoms with Crippen LogP contribution in [-0.4, -0.2) is 91.4 Å². The maximum atomic E-state index is 13.9. The minimum atomic E-state index is -5.24. The number of hydrogen-bond donors (Lipinski definition) is 1. The van der Waals surface area contributed by atoms with E-state index >= 15 is 0 Å². The number of benzene rings is 4. The number of tetrazole rings is 2. The van der Waals surface area contributed by atoms with Crippen LogP contribution in [0.1, 0.15) is 115 Å². The summed E-state index contributed by atoms with van der Waals surface area (Å²) in [6, 6.07) is 2.96. The molecule has 2 aromatic heterocycles. The highest BCUT2D eigenvalue weighted by Gasteiger charge is 2.47. The van der Waals surface area contributed by atoms with Crippen LogP contribution in [0, 0.1) is 11.3 Å². The molecule has 4 aromatic carbocycles. The average molecular weight is 1250 g/mol. The fourth-order valence-electron chi connectivity index (χ4n) is 9.57. The Labute approximate surface area is 474 Å². The standard InChI is InChI=1S/C27H24F9N7O2.C24H21F9N6O2/c1-3-19-14-41(21-13-16(25(28,29)30)6-7-20(21)43(19)24(44)45-4-2)22(23-38-40-42(39-23)9-5-8-37)15-10-17(26(31,32)33)12-18(11-15)27(34,35)36;1-3-16-11-38(18-10-13(22(25,26)27)5-6-17(18)39(16)21(40)41-4-2)19(20-34-36-37-35-20)12-7-14(23(28,29)30)9-15(8-12)24(31,32)33/h6-7,10-13,19,22H,3-5,9,14H2,1-2H3;5-10,16,19H,3-4,11H2,1-2H3,(H,34,35,36,37). The van der Waals surface area contributed by atoms with Gasteiger partial charge in [0, 0.05) is 13.1 Å². The zero-order valence-electron chi connectivity index (χ0n) is 44.7. The van der Waals surface area contributed by atoms with Gasteiger partial charge in [-0.25, -0.2) is 9.59 Å². The number of nitriles is 1. The topological polar surface area (TPSA) is 187 Å². The number of nitrogens with zero attached hydrogens (tertiary/aromatic N) is 12. The van der Waals surface area contributed by atoms with Gasteiger partial charge < -0.3 is 19.3 Å². The van der Waals surface area contributed by atoms with Crippen molar-refractivity contribution in [1.29, 1.82) is 5.26 Å². The summed E-state index contributed by atoms with van der Waals surface area (Å²) in [5.41, 5.74) is -11.2. The first-order chi connectivity index (χ1) is 40.0. The molecule has 2 aliphatic rings. The zero-order valence-corrected chi connectivity index (χ0v) is 44.7.